The summed E-state index contributed by atoms with van der Waals surface area (Å²) in [5, 5.41) is 0. The van der Waals surface area contributed by atoms with E-state index in [1.807, 2.05) is 35.4 Å². The predicted octanol–water partition coefficient (Wildman–Crippen LogP) is 5.35. The number of amides is 1. The highest BCUT2D eigenvalue weighted by atomic mass is 16.2. The van der Waals surface area contributed by atoms with Crippen LogP contribution in [0.5, 0.6) is 0 Å². The Kier molecular flexibility index (Phi) is 7.71. The number of likely N-dealkylation sites (tertiary alicyclic amines) is 1. The molecule has 0 saturated carbocycles. The third kappa shape index (κ3) is 5.82. The molecule has 0 atom stereocenters. The van der Waals surface area contributed by atoms with E-state index in [4.69, 9.17) is 5.73 Å². The highest BCUT2D eigenvalue weighted by Crippen LogP contribution is 2.33. The summed E-state index contributed by atoms with van der Waals surface area (Å²) in [6, 6.07) is 16.5. The van der Waals surface area contributed by atoms with Crippen molar-refractivity contribution in [2.75, 3.05) is 18.8 Å². The van der Waals surface area contributed by atoms with Gasteiger partial charge in [0.05, 0.1) is 12.0 Å². The molecule has 3 aromatic rings. The molecule has 0 bridgehead atoms. The minimum Gasteiger partial charge on any atom is -0.399 e. The molecule has 2 heterocycles. The lowest BCUT2D eigenvalue weighted by atomic mass is 9.87. The fourth-order valence-electron chi connectivity index (χ4n) is 5.10. The normalized spacial score (nSPS) is 14.5. The van der Waals surface area contributed by atoms with Gasteiger partial charge in [-0.2, -0.15) is 0 Å². The third-order valence-corrected chi connectivity index (χ3v) is 6.70. The molecule has 1 saturated heterocycles. The predicted molar refractivity (Wildman–Crippen MR) is 143 cm³/mol. The van der Waals surface area contributed by atoms with Gasteiger partial charge in [0.2, 0.25) is 0 Å². The van der Waals surface area contributed by atoms with Gasteiger partial charge in [0.15, 0.2) is 0 Å². The average molecular weight is 472 g/mol. The van der Waals surface area contributed by atoms with Crippen LogP contribution < -0.4 is 5.73 Å². The number of hydrogen-bond donors (Lipinski definition) is 2. The zero-order valence-corrected chi connectivity index (χ0v) is 21.3. The van der Waals surface area contributed by atoms with Crippen molar-refractivity contribution < 1.29 is 4.79 Å². The number of nitrogen functional groups attached to an aromatic ring is 1. The van der Waals surface area contributed by atoms with Gasteiger partial charge in [0.25, 0.3) is 5.91 Å². The summed E-state index contributed by atoms with van der Waals surface area (Å²) in [6.45, 7) is 11.1. The molecule has 6 heteroatoms. The summed E-state index contributed by atoms with van der Waals surface area (Å²) in [5.74, 6) is 0.0754. The number of aromatic amines is 1. The van der Waals surface area contributed by atoms with Crippen molar-refractivity contribution in [3.05, 3.63) is 89.0 Å². The van der Waals surface area contributed by atoms with E-state index in [1.54, 1.807) is 6.33 Å². The van der Waals surface area contributed by atoms with Crippen LogP contribution in [0.3, 0.4) is 0 Å². The lowest BCUT2D eigenvalue weighted by Gasteiger charge is -2.31. The number of imidazole rings is 1. The molecule has 1 fully saturated rings. The van der Waals surface area contributed by atoms with Crippen molar-refractivity contribution in [1.29, 1.82) is 0 Å². The number of carbonyl (C=O) groups is 1. The van der Waals surface area contributed by atoms with Crippen LogP contribution in [-0.2, 0) is 6.54 Å². The molecular formula is C29H37N5O. The number of anilines is 1. The third-order valence-electron chi connectivity index (χ3n) is 6.70. The first-order chi connectivity index (χ1) is 16.8. The van der Waals surface area contributed by atoms with E-state index in [0.717, 1.165) is 60.5 Å². The van der Waals surface area contributed by atoms with Crippen LogP contribution in [0.2, 0.25) is 0 Å². The van der Waals surface area contributed by atoms with E-state index in [2.05, 4.69) is 66.8 Å². The molecule has 35 heavy (non-hydrogen) atoms. The Morgan fingerprint density at radius 3 is 2.23 bits per heavy atom. The van der Waals surface area contributed by atoms with Crippen molar-refractivity contribution in [3.63, 3.8) is 0 Å². The first-order valence-electron chi connectivity index (χ1n) is 12.5. The fraction of sp³-hybridized carbons (Fsp3) is 0.379. The minimum atomic E-state index is 0.0754. The Morgan fingerprint density at radius 2 is 1.66 bits per heavy atom. The van der Waals surface area contributed by atoms with Gasteiger partial charge in [0, 0.05) is 49.2 Å². The number of carbonyl (C=O) groups excluding carboxylic acids is 1. The number of nitrogens with zero attached hydrogens (tertiary/aromatic N) is 3. The number of hydrogen-bond acceptors (Lipinski definition) is 4. The molecule has 184 valence electrons. The van der Waals surface area contributed by atoms with Gasteiger partial charge in [-0.05, 0) is 81.5 Å². The highest BCUT2D eigenvalue weighted by Gasteiger charge is 2.23. The Morgan fingerprint density at radius 1 is 1.00 bits per heavy atom. The van der Waals surface area contributed by atoms with Crippen LogP contribution >= 0.6 is 0 Å². The number of piperidine rings is 1. The zero-order chi connectivity index (χ0) is 24.9. The molecule has 0 spiro atoms. The maximum atomic E-state index is 13.2. The molecule has 1 aromatic heterocycles. The van der Waals surface area contributed by atoms with Crippen LogP contribution in [0.1, 0.15) is 67.7 Å². The molecule has 0 aliphatic carbocycles. The first-order valence-corrected chi connectivity index (χ1v) is 12.5. The van der Waals surface area contributed by atoms with Crippen molar-refractivity contribution >= 4 is 17.2 Å². The molecule has 3 N–H and O–H groups in total. The Balaban J connectivity index is 1.62. The van der Waals surface area contributed by atoms with Gasteiger partial charge in [0.1, 0.15) is 0 Å². The molecule has 2 aromatic carbocycles. The van der Waals surface area contributed by atoms with Gasteiger partial charge in [-0.1, -0.05) is 29.8 Å². The van der Waals surface area contributed by atoms with Crippen molar-refractivity contribution in [2.45, 2.75) is 59.2 Å². The lowest BCUT2D eigenvalue weighted by Crippen LogP contribution is -2.42. The highest BCUT2D eigenvalue weighted by molar-refractivity contribution is 5.95. The van der Waals surface area contributed by atoms with Crippen LogP contribution in [0, 0.1) is 0 Å². The summed E-state index contributed by atoms with van der Waals surface area (Å²) in [7, 11) is 0. The quantitative estimate of drug-likeness (QED) is 0.456. The van der Waals surface area contributed by atoms with Crippen LogP contribution in [-0.4, -0.2) is 50.8 Å². The number of nitrogens with two attached hydrogens (primary N) is 1. The molecule has 1 aliphatic rings. The van der Waals surface area contributed by atoms with E-state index < -0.39 is 0 Å². The van der Waals surface area contributed by atoms with Crippen molar-refractivity contribution in [3.8, 4) is 0 Å². The van der Waals surface area contributed by atoms with Gasteiger partial charge in [-0.3, -0.25) is 9.69 Å². The molecule has 0 radical (unpaired) electrons. The smallest absolute Gasteiger partial charge is 0.254 e. The number of H-pyrrole nitrogens is 1. The number of rotatable bonds is 7. The van der Waals surface area contributed by atoms with Gasteiger partial charge < -0.3 is 15.6 Å². The summed E-state index contributed by atoms with van der Waals surface area (Å²) >= 11 is 0. The number of benzene rings is 2. The maximum absolute atomic E-state index is 13.2. The zero-order valence-electron chi connectivity index (χ0n) is 21.3. The van der Waals surface area contributed by atoms with Gasteiger partial charge in [-0.25, -0.2) is 4.98 Å². The van der Waals surface area contributed by atoms with E-state index in [-0.39, 0.29) is 18.0 Å². The van der Waals surface area contributed by atoms with Gasteiger partial charge in [-0.15, -0.1) is 0 Å². The monoisotopic (exact) mass is 471 g/mol. The lowest BCUT2D eigenvalue weighted by molar-refractivity contribution is 0.0643. The van der Waals surface area contributed by atoms with Crippen LogP contribution in [0.25, 0.3) is 5.57 Å². The summed E-state index contributed by atoms with van der Waals surface area (Å²) in [4.78, 5) is 25.0. The van der Waals surface area contributed by atoms with Crippen molar-refractivity contribution in [1.82, 2.24) is 19.8 Å². The average Bonchev–Trinajstić information content (AvgIpc) is 3.33. The van der Waals surface area contributed by atoms with E-state index >= 15 is 0 Å². The summed E-state index contributed by atoms with van der Waals surface area (Å²) in [5.41, 5.74) is 13.6. The second-order valence-corrected chi connectivity index (χ2v) is 9.92. The molecule has 0 unspecified atom stereocenters. The standard InChI is InChI=1S/C29H37N5O/c1-20(2)34(21(3)4)29(35)24-10-8-22(9-11-24)28(25-6-5-7-26(30)16-25)23-12-14-33(15-13-23)18-27-17-31-19-32-27/h5-11,16-17,19-21H,12-15,18,30H2,1-4H3,(H,31,32). The van der Waals surface area contributed by atoms with E-state index in [0.29, 0.717) is 0 Å². The Bertz CT molecular complexity index is 1140. The number of aromatic nitrogens is 2. The summed E-state index contributed by atoms with van der Waals surface area (Å²) < 4.78 is 0. The molecular weight excluding hydrogens is 434 g/mol. The molecule has 1 amide bonds. The number of nitrogens with one attached hydrogen (secondary N) is 1. The second-order valence-electron chi connectivity index (χ2n) is 9.92. The maximum Gasteiger partial charge on any atom is 0.254 e. The summed E-state index contributed by atoms with van der Waals surface area (Å²) in [6.07, 6.45) is 5.68. The molecule has 4 rings (SSSR count). The Hall–Kier alpha value is -3.38. The molecule has 1 aliphatic heterocycles. The topological polar surface area (TPSA) is 78.2 Å². The SMILES string of the molecule is CC(C)N(C(=O)c1ccc(C(=C2CCN(Cc3c[nH]cn3)CC2)c2cccc(N)c2)cc1)C(C)C. The second kappa shape index (κ2) is 10.9. The fourth-order valence-corrected chi connectivity index (χ4v) is 5.10. The van der Waals surface area contributed by atoms with Crippen LogP contribution in [0.15, 0.2) is 66.6 Å². The van der Waals surface area contributed by atoms with Crippen LogP contribution in [0.4, 0.5) is 5.69 Å². The minimum absolute atomic E-state index is 0.0754. The van der Waals surface area contributed by atoms with Crippen molar-refractivity contribution in [2.24, 2.45) is 0 Å². The largest absolute Gasteiger partial charge is 0.399 e. The Labute approximate surface area is 208 Å². The van der Waals surface area contributed by atoms with E-state index in [1.165, 1.54) is 11.1 Å². The van der Waals surface area contributed by atoms with Gasteiger partial charge >= 0.3 is 0 Å². The first kappa shape index (κ1) is 24.7. The molecule has 6 nitrogen and oxygen atoms in total. The van der Waals surface area contributed by atoms with E-state index in [9.17, 15) is 4.79 Å².